The molecule has 0 aliphatic heterocycles. The van der Waals surface area contributed by atoms with Crippen molar-refractivity contribution in [1.29, 1.82) is 0 Å². The van der Waals surface area contributed by atoms with E-state index in [-0.39, 0.29) is 0 Å². The van der Waals surface area contributed by atoms with Gasteiger partial charge in [-0.2, -0.15) is 0 Å². The number of benzene rings is 1. The Balaban J connectivity index is 2.13. The second-order valence-corrected chi connectivity index (χ2v) is 4.63. The van der Waals surface area contributed by atoms with E-state index < -0.39 is 0 Å². The molecule has 0 bridgehead atoms. The molecule has 0 fully saturated rings. The zero-order valence-corrected chi connectivity index (χ0v) is 11.3. The second kappa shape index (κ2) is 5.98. The van der Waals surface area contributed by atoms with Crippen molar-refractivity contribution in [3.63, 3.8) is 0 Å². The Kier molecular flexibility index (Phi) is 4.33. The highest BCUT2D eigenvalue weighted by Crippen LogP contribution is 2.23. The van der Waals surface area contributed by atoms with E-state index in [9.17, 15) is 0 Å². The normalized spacial score (nSPS) is 10.8. The van der Waals surface area contributed by atoms with E-state index in [0.717, 1.165) is 24.1 Å². The molecule has 1 aromatic carbocycles. The Bertz CT molecular complexity index is 504. The zero-order chi connectivity index (χ0) is 13.0. The minimum absolute atomic E-state index is 0.508. The molecule has 5 heteroatoms. The smallest absolute Gasteiger partial charge is 0.247 e. The van der Waals surface area contributed by atoms with Crippen LogP contribution in [0.5, 0.6) is 0 Å². The van der Waals surface area contributed by atoms with Gasteiger partial charge in [0.25, 0.3) is 0 Å². The maximum atomic E-state index is 6.01. The lowest BCUT2D eigenvalue weighted by atomic mass is 10.1. The molecule has 2 aromatic rings. The molecular weight excluding hydrogens is 250 g/mol. The van der Waals surface area contributed by atoms with Crippen molar-refractivity contribution in [2.45, 2.75) is 26.8 Å². The molecule has 0 saturated heterocycles. The van der Waals surface area contributed by atoms with E-state index in [1.807, 2.05) is 25.1 Å². The number of nitrogens with one attached hydrogen (secondary N) is 1. The molecule has 0 aliphatic carbocycles. The molecule has 96 valence electrons. The number of hydrogen-bond donors (Lipinski definition) is 1. The Labute approximate surface area is 111 Å². The summed E-state index contributed by atoms with van der Waals surface area (Å²) >= 11 is 6.01. The van der Waals surface area contributed by atoms with Crippen LogP contribution in [-0.4, -0.2) is 16.7 Å². The van der Waals surface area contributed by atoms with Crippen LogP contribution in [0.3, 0.4) is 0 Å². The third-order valence-electron chi connectivity index (χ3n) is 2.46. The molecule has 0 radical (unpaired) electrons. The lowest BCUT2D eigenvalue weighted by Crippen LogP contribution is -2.13. The fraction of sp³-hybridized carbons (Fsp3) is 0.385. The first-order chi connectivity index (χ1) is 8.69. The first-order valence-electron chi connectivity index (χ1n) is 5.99. The van der Waals surface area contributed by atoms with Gasteiger partial charge in [-0.15, -0.1) is 10.2 Å². The quantitative estimate of drug-likeness (QED) is 0.844. The maximum Gasteiger partial charge on any atom is 0.247 e. The zero-order valence-electron chi connectivity index (χ0n) is 10.5. The monoisotopic (exact) mass is 265 g/mol. The predicted octanol–water partition coefficient (Wildman–Crippen LogP) is 3.20. The summed E-state index contributed by atoms with van der Waals surface area (Å²) in [5, 5.41) is 11.9. The maximum absolute atomic E-state index is 6.01. The Hall–Kier alpha value is -1.39. The van der Waals surface area contributed by atoms with Crippen molar-refractivity contribution in [2.75, 3.05) is 6.54 Å². The average molecular weight is 266 g/mol. The fourth-order valence-corrected chi connectivity index (χ4v) is 1.96. The summed E-state index contributed by atoms with van der Waals surface area (Å²) < 4.78 is 5.58. The molecule has 0 amide bonds. The summed E-state index contributed by atoms with van der Waals surface area (Å²) in [5.41, 5.74) is 1.93. The van der Waals surface area contributed by atoms with Gasteiger partial charge in [0, 0.05) is 10.6 Å². The van der Waals surface area contributed by atoms with Gasteiger partial charge in [0.05, 0.1) is 6.54 Å². The lowest BCUT2D eigenvalue weighted by Gasteiger charge is -1.99. The van der Waals surface area contributed by atoms with E-state index in [1.54, 1.807) is 0 Å². The summed E-state index contributed by atoms with van der Waals surface area (Å²) in [6, 6.07) is 5.69. The predicted molar refractivity (Wildman–Crippen MR) is 71.5 cm³/mol. The van der Waals surface area contributed by atoms with E-state index in [0.29, 0.717) is 23.3 Å². The van der Waals surface area contributed by atoms with Crippen LogP contribution >= 0.6 is 11.6 Å². The van der Waals surface area contributed by atoms with E-state index in [2.05, 4.69) is 22.4 Å². The third kappa shape index (κ3) is 3.31. The Morgan fingerprint density at radius 3 is 2.83 bits per heavy atom. The molecule has 4 nitrogen and oxygen atoms in total. The SMILES string of the molecule is CCCNCc1nnc(-c2cc(C)cc(Cl)c2)o1. The number of aromatic nitrogens is 2. The first kappa shape index (κ1) is 13.1. The van der Waals surface area contributed by atoms with Gasteiger partial charge in [-0.05, 0) is 43.7 Å². The van der Waals surface area contributed by atoms with Gasteiger partial charge in [0.15, 0.2) is 0 Å². The molecule has 0 atom stereocenters. The van der Waals surface area contributed by atoms with Crippen LogP contribution < -0.4 is 5.32 Å². The van der Waals surface area contributed by atoms with Crippen molar-refractivity contribution in [2.24, 2.45) is 0 Å². The van der Waals surface area contributed by atoms with Crippen molar-refractivity contribution >= 4 is 11.6 Å². The van der Waals surface area contributed by atoms with Crippen LogP contribution in [-0.2, 0) is 6.54 Å². The molecule has 18 heavy (non-hydrogen) atoms. The Morgan fingerprint density at radius 2 is 2.11 bits per heavy atom. The minimum atomic E-state index is 0.508. The molecule has 0 aliphatic rings. The summed E-state index contributed by atoms with van der Waals surface area (Å²) in [5.74, 6) is 1.10. The van der Waals surface area contributed by atoms with E-state index in [1.165, 1.54) is 0 Å². The molecule has 1 aromatic heterocycles. The standard InChI is InChI=1S/C13H16ClN3O/c1-3-4-15-8-12-16-17-13(18-12)10-5-9(2)6-11(14)7-10/h5-7,15H,3-4,8H2,1-2H3. The highest BCUT2D eigenvalue weighted by atomic mass is 35.5. The van der Waals surface area contributed by atoms with Gasteiger partial charge in [0.1, 0.15) is 0 Å². The molecule has 0 saturated carbocycles. The minimum Gasteiger partial charge on any atom is -0.419 e. The number of aryl methyl sites for hydroxylation is 1. The summed E-state index contributed by atoms with van der Waals surface area (Å²) in [6.07, 6.45) is 1.08. The Morgan fingerprint density at radius 1 is 1.28 bits per heavy atom. The van der Waals surface area contributed by atoms with Crippen LogP contribution in [0.1, 0.15) is 24.8 Å². The average Bonchev–Trinajstić information content (AvgIpc) is 2.77. The fourth-order valence-electron chi connectivity index (χ4n) is 1.67. The number of nitrogens with zero attached hydrogens (tertiary/aromatic N) is 2. The summed E-state index contributed by atoms with van der Waals surface area (Å²) in [7, 11) is 0. The van der Waals surface area contributed by atoms with Gasteiger partial charge in [-0.1, -0.05) is 18.5 Å². The van der Waals surface area contributed by atoms with Gasteiger partial charge in [-0.25, -0.2) is 0 Å². The number of halogens is 1. The highest BCUT2D eigenvalue weighted by molar-refractivity contribution is 6.30. The topological polar surface area (TPSA) is 51.0 Å². The number of hydrogen-bond acceptors (Lipinski definition) is 4. The van der Waals surface area contributed by atoms with Gasteiger partial charge >= 0.3 is 0 Å². The van der Waals surface area contributed by atoms with Crippen LogP contribution in [0, 0.1) is 6.92 Å². The molecule has 1 N–H and O–H groups in total. The summed E-state index contributed by atoms with van der Waals surface area (Å²) in [6.45, 7) is 5.63. The van der Waals surface area contributed by atoms with Crippen molar-refractivity contribution < 1.29 is 4.42 Å². The largest absolute Gasteiger partial charge is 0.419 e. The molecule has 0 spiro atoms. The van der Waals surface area contributed by atoms with E-state index >= 15 is 0 Å². The van der Waals surface area contributed by atoms with Crippen LogP contribution in [0.25, 0.3) is 11.5 Å². The van der Waals surface area contributed by atoms with Gasteiger partial charge < -0.3 is 9.73 Å². The van der Waals surface area contributed by atoms with Crippen molar-refractivity contribution in [3.8, 4) is 11.5 Å². The van der Waals surface area contributed by atoms with Crippen LogP contribution in [0.15, 0.2) is 22.6 Å². The summed E-state index contributed by atoms with van der Waals surface area (Å²) in [4.78, 5) is 0. The molecule has 1 heterocycles. The molecule has 2 rings (SSSR count). The van der Waals surface area contributed by atoms with Crippen LogP contribution in [0.4, 0.5) is 0 Å². The molecule has 0 unspecified atom stereocenters. The van der Waals surface area contributed by atoms with Crippen molar-refractivity contribution in [1.82, 2.24) is 15.5 Å². The second-order valence-electron chi connectivity index (χ2n) is 4.19. The lowest BCUT2D eigenvalue weighted by molar-refractivity contribution is 0.477. The van der Waals surface area contributed by atoms with E-state index in [4.69, 9.17) is 16.0 Å². The van der Waals surface area contributed by atoms with Crippen LogP contribution in [0.2, 0.25) is 5.02 Å². The van der Waals surface area contributed by atoms with Crippen molar-refractivity contribution in [3.05, 3.63) is 34.7 Å². The highest BCUT2D eigenvalue weighted by Gasteiger charge is 2.09. The van der Waals surface area contributed by atoms with Gasteiger partial charge in [0.2, 0.25) is 11.8 Å². The van der Waals surface area contributed by atoms with Gasteiger partial charge in [-0.3, -0.25) is 0 Å². The number of rotatable bonds is 5. The molecular formula is C13H16ClN3O. The first-order valence-corrected chi connectivity index (χ1v) is 6.37. The third-order valence-corrected chi connectivity index (χ3v) is 2.68.